The molecule has 26 heavy (non-hydrogen) atoms. The summed E-state index contributed by atoms with van der Waals surface area (Å²) >= 11 is 0. The van der Waals surface area contributed by atoms with E-state index in [2.05, 4.69) is 20.4 Å². The van der Waals surface area contributed by atoms with E-state index in [4.69, 9.17) is 4.74 Å². The molecule has 2 aromatic carbocycles. The maximum absolute atomic E-state index is 12.1. The number of anilines is 2. The van der Waals surface area contributed by atoms with Gasteiger partial charge in [0.15, 0.2) is 0 Å². The molecule has 0 aliphatic carbocycles. The molecule has 9 heteroatoms. The normalized spacial score (nSPS) is 13.6. The number of hydrogen-bond acceptors (Lipinski definition) is 4. The molecule has 3 rings (SSSR count). The van der Waals surface area contributed by atoms with Crippen molar-refractivity contribution < 1.29 is 27.4 Å². The Balaban J connectivity index is 1.55. The number of carbonyl (C=O) groups is 1. The quantitative estimate of drug-likeness (QED) is 0.860. The van der Waals surface area contributed by atoms with Crippen LogP contribution in [0.1, 0.15) is 5.56 Å². The first-order chi connectivity index (χ1) is 12.4. The van der Waals surface area contributed by atoms with Crippen molar-refractivity contribution in [2.45, 2.75) is 6.36 Å². The van der Waals surface area contributed by atoms with Crippen molar-refractivity contribution in [3.8, 4) is 5.75 Å². The van der Waals surface area contributed by atoms with Crippen LogP contribution in [0.15, 0.2) is 53.5 Å². The minimum atomic E-state index is -4.76. The number of benzene rings is 2. The molecule has 0 saturated carbocycles. The van der Waals surface area contributed by atoms with Crippen LogP contribution in [-0.4, -0.2) is 31.4 Å². The molecule has 136 valence electrons. The second kappa shape index (κ2) is 7.34. The Hall–Kier alpha value is -3.23. The Morgan fingerprint density at radius 1 is 1.00 bits per heavy atom. The standard InChI is InChI=1S/C17H14F3N3O3/c18-17(19,20)26-14-7-5-13(6-8-14)23-16(24)22-12-3-1-11(2-4-12)15-21-9-10-25-15/h1-8H,9-10H2,(H2,22,23,24). The van der Waals surface area contributed by atoms with E-state index in [1.54, 1.807) is 24.3 Å². The first-order valence-electron chi connectivity index (χ1n) is 7.60. The van der Waals surface area contributed by atoms with Crippen LogP contribution < -0.4 is 15.4 Å². The van der Waals surface area contributed by atoms with Crippen molar-refractivity contribution in [3.05, 3.63) is 54.1 Å². The van der Waals surface area contributed by atoms with Crippen LogP contribution in [0.25, 0.3) is 0 Å². The molecule has 0 fully saturated rings. The number of ether oxygens (including phenoxy) is 2. The van der Waals surface area contributed by atoms with E-state index in [0.717, 1.165) is 17.7 Å². The van der Waals surface area contributed by atoms with Crippen molar-refractivity contribution in [2.24, 2.45) is 4.99 Å². The van der Waals surface area contributed by atoms with Gasteiger partial charge in [-0.05, 0) is 48.5 Å². The van der Waals surface area contributed by atoms with Gasteiger partial charge >= 0.3 is 12.4 Å². The van der Waals surface area contributed by atoms with Gasteiger partial charge in [-0.2, -0.15) is 0 Å². The predicted molar refractivity (Wildman–Crippen MR) is 89.6 cm³/mol. The average Bonchev–Trinajstić information content (AvgIpc) is 3.10. The Morgan fingerprint density at radius 2 is 1.58 bits per heavy atom. The Labute approximate surface area is 146 Å². The average molecular weight is 365 g/mol. The number of aliphatic imine (C=N–C) groups is 1. The molecule has 0 bridgehead atoms. The molecule has 2 amide bonds. The first-order valence-corrected chi connectivity index (χ1v) is 7.60. The Bertz CT molecular complexity index is 803. The topological polar surface area (TPSA) is 72.0 Å². The molecular weight excluding hydrogens is 351 g/mol. The van der Waals surface area contributed by atoms with E-state index in [1.807, 2.05) is 0 Å². The van der Waals surface area contributed by atoms with E-state index < -0.39 is 12.4 Å². The molecule has 0 atom stereocenters. The fourth-order valence-electron chi connectivity index (χ4n) is 2.24. The number of alkyl halides is 3. The van der Waals surface area contributed by atoms with Crippen molar-refractivity contribution in [1.82, 2.24) is 0 Å². The number of rotatable bonds is 4. The van der Waals surface area contributed by atoms with E-state index in [1.165, 1.54) is 12.1 Å². The van der Waals surface area contributed by atoms with Gasteiger partial charge in [-0.1, -0.05) is 0 Å². The van der Waals surface area contributed by atoms with Gasteiger partial charge < -0.3 is 20.1 Å². The van der Waals surface area contributed by atoms with E-state index in [0.29, 0.717) is 30.4 Å². The minimum Gasteiger partial charge on any atom is -0.476 e. The van der Waals surface area contributed by atoms with E-state index >= 15 is 0 Å². The number of urea groups is 1. The number of nitrogens with one attached hydrogen (secondary N) is 2. The van der Waals surface area contributed by atoms with Crippen LogP contribution in [0, 0.1) is 0 Å². The van der Waals surface area contributed by atoms with Crippen LogP contribution >= 0.6 is 0 Å². The molecule has 0 radical (unpaired) electrons. The SMILES string of the molecule is O=C(Nc1ccc(OC(F)(F)F)cc1)Nc1ccc(C2=NCCO2)cc1. The Morgan fingerprint density at radius 3 is 2.08 bits per heavy atom. The predicted octanol–water partition coefficient (Wildman–Crippen LogP) is 4.01. The second-order valence-corrected chi connectivity index (χ2v) is 5.26. The maximum Gasteiger partial charge on any atom is 0.573 e. The molecule has 2 N–H and O–H groups in total. The van der Waals surface area contributed by atoms with Crippen LogP contribution in [0.2, 0.25) is 0 Å². The van der Waals surface area contributed by atoms with Gasteiger partial charge in [0.2, 0.25) is 5.90 Å². The van der Waals surface area contributed by atoms with Gasteiger partial charge in [-0.15, -0.1) is 13.2 Å². The molecule has 0 saturated heterocycles. The fraction of sp³-hybridized carbons (Fsp3) is 0.176. The third-order valence-corrected chi connectivity index (χ3v) is 3.32. The summed E-state index contributed by atoms with van der Waals surface area (Å²) < 4.78 is 45.4. The molecule has 0 spiro atoms. The van der Waals surface area contributed by atoms with Gasteiger partial charge in [0, 0.05) is 16.9 Å². The molecule has 6 nitrogen and oxygen atoms in total. The van der Waals surface area contributed by atoms with Crippen molar-refractivity contribution in [1.29, 1.82) is 0 Å². The monoisotopic (exact) mass is 365 g/mol. The third-order valence-electron chi connectivity index (χ3n) is 3.32. The summed E-state index contributed by atoms with van der Waals surface area (Å²) in [4.78, 5) is 16.2. The van der Waals surface area contributed by atoms with Crippen LogP contribution in [-0.2, 0) is 4.74 Å². The smallest absolute Gasteiger partial charge is 0.476 e. The maximum atomic E-state index is 12.1. The third kappa shape index (κ3) is 4.88. The Kier molecular flexibility index (Phi) is 4.97. The minimum absolute atomic E-state index is 0.322. The lowest BCUT2D eigenvalue weighted by Crippen LogP contribution is -2.19. The summed E-state index contributed by atoms with van der Waals surface area (Å²) in [6, 6.07) is 11.2. The van der Waals surface area contributed by atoms with Gasteiger partial charge in [-0.3, -0.25) is 0 Å². The summed E-state index contributed by atoms with van der Waals surface area (Å²) in [5.74, 6) is 0.207. The fourth-order valence-corrected chi connectivity index (χ4v) is 2.24. The van der Waals surface area contributed by atoms with Gasteiger partial charge in [-0.25, -0.2) is 9.79 Å². The number of nitrogens with zero attached hydrogens (tertiary/aromatic N) is 1. The number of hydrogen-bond donors (Lipinski definition) is 2. The highest BCUT2D eigenvalue weighted by molar-refractivity contribution is 6.00. The van der Waals surface area contributed by atoms with Gasteiger partial charge in [0.25, 0.3) is 0 Å². The molecule has 1 aliphatic rings. The highest BCUT2D eigenvalue weighted by atomic mass is 19.4. The van der Waals surface area contributed by atoms with Gasteiger partial charge in [0.1, 0.15) is 12.4 Å². The molecule has 0 unspecified atom stereocenters. The van der Waals surface area contributed by atoms with Crippen molar-refractivity contribution in [3.63, 3.8) is 0 Å². The summed E-state index contributed by atoms with van der Waals surface area (Å²) in [6.45, 7) is 1.19. The summed E-state index contributed by atoms with van der Waals surface area (Å²) in [5, 5.41) is 5.13. The zero-order valence-corrected chi connectivity index (χ0v) is 13.3. The highest BCUT2D eigenvalue weighted by Gasteiger charge is 2.30. The lowest BCUT2D eigenvalue weighted by atomic mass is 10.2. The summed E-state index contributed by atoms with van der Waals surface area (Å²) in [5.41, 5.74) is 1.68. The zero-order chi connectivity index (χ0) is 18.6. The molecule has 1 aliphatic heterocycles. The van der Waals surface area contributed by atoms with Crippen molar-refractivity contribution in [2.75, 3.05) is 23.8 Å². The number of halogens is 3. The van der Waals surface area contributed by atoms with Crippen LogP contribution in [0.4, 0.5) is 29.3 Å². The largest absolute Gasteiger partial charge is 0.573 e. The molecule has 1 heterocycles. The van der Waals surface area contributed by atoms with E-state index in [-0.39, 0.29) is 5.75 Å². The summed E-state index contributed by atoms with van der Waals surface area (Å²) in [6.07, 6.45) is -4.76. The lowest BCUT2D eigenvalue weighted by Gasteiger charge is -2.11. The van der Waals surface area contributed by atoms with Crippen LogP contribution in [0.5, 0.6) is 5.75 Å². The molecule has 2 aromatic rings. The second-order valence-electron chi connectivity index (χ2n) is 5.26. The highest BCUT2D eigenvalue weighted by Crippen LogP contribution is 2.24. The number of amides is 2. The van der Waals surface area contributed by atoms with E-state index in [9.17, 15) is 18.0 Å². The van der Waals surface area contributed by atoms with Crippen molar-refractivity contribution >= 4 is 23.3 Å². The summed E-state index contributed by atoms with van der Waals surface area (Å²) in [7, 11) is 0. The lowest BCUT2D eigenvalue weighted by molar-refractivity contribution is -0.274. The number of carbonyl (C=O) groups excluding carboxylic acids is 1. The van der Waals surface area contributed by atoms with Gasteiger partial charge in [0.05, 0.1) is 6.54 Å². The van der Waals surface area contributed by atoms with Crippen LogP contribution in [0.3, 0.4) is 0 Å². The zero-order valence-electron chi connectivity index (χ0n) is 13.3. The molecular formula is C17H14F3N3O3. The first kappa shape index (κ1) is 17.6. The molecule has 0 aromatic heterocycles.